The zero-order chi connectivity index (χ0) is 15.1. The molecule has 6 nitrogen and oxygen atoms in total. The number of H-pyrrole nitrogens is 1. The van der Waals surface area contributed by atoms with E-state index in [-0.39, 0.29) is 5.56 Å². The minimum absolute atomic E-state index is 0.323. The lowest BCUT2D eigenvalue weighted by Gasteiger charge is -2.08. The molecule has 0 aliphatic carbocycles. The van der Waals surface area contributed by atoms with Crippen LogP contribution in [0.15, 0.2) is 33.9 Å². The van der Waals surface area contributed by atoms with Gasteiger partial charge in [-0.25, -0.2) is 14.3 Å². The second kappa shape index (κ2) is 4.89. The number of hydrogen-bond donors (Lipinski definition) is 1. The van der Waals surface area contributed by atoms with Crippen LogP contribution >= 0.6 is 11.6 Å². The largest absolute Gasteiger partial charge is 0.337 e. The summed E-state index contributed by atoms with van der Waals surface area (Å²) in [5.74, 6) is 0.662. The first-order valence-corrected chi connectivity index (χ1v) is 6.87. The van der Waals surface area contributed by atoms with Gasteiger partial charge in [0.15, 0.2) is 5.65 Å². The summed E-state index contributed by atoms with van der Waals surface area (Å²) in [6, 6.07) is 6.81. The van der Waals surface area contributed by atoms with Crippen LogP contribution in [0.2, 0.25) is 5.02 Å². The van der Waals surface area contributed by atoms with Gasteiger partial charge in [0.25, 0.3) is 5.56 Å². The first-order chi connectivity index (χ1) is 10.0. The Morgan fingerprint density at radius 2 is 1.90 bits per heavy atom. The molecule has 0 saturated heterocycles. The molecule has 3 rings (SSSR count). The lowest BCUT2D eigenvalue weighted by molar-refractivity contribution is 0.748. The smallest absolute Gasteiger partial charge is 0.336 e. The quantitative estimate of drug-likeness (QED) is 0.782. The van der Waals surface area contributed by atoms with Crippen molar-refractivity contribution in [3.63, 3.8) is 0 Å². The highest BCUT2D eigenvalue weighted by atomic mass is 35.5. The molecule has 7 heteroatoms. The highest BCUT2D eigenvalue weighted by Crippen LogP contribution is 2.15. The molecule has 0 unspecified atom stereocenters. The fourth-order valence-electron chi connectivity index (χ4n) is 2.21. The Kier molecular flexibility index (Phi) is 3.17. The van der Waals surface area contributed by atoms with E-state index in [1.807, 2.05) is 6.92 Å². The van der Waals surface area contributed by atoms with Crippen molar-refractivity contribution >= 4 is 22.8 Å². The van der Waals surface area contributed by atoms with Gasteiger partial charge in [0.05, 0.1) is 5.69 Å². The Labute approximate surface area is 124 Å². The Balaban J connectivity index is 2.46. The second-order valence-electron chi connectivity index (χ2n) is 4.69. The summed E-state index contributed by atoms with van der Waals surface area (Å²) < 4.78 is 2.47. The van der Waals surface area contributed by atoms with Crippen LogP contribution in [-0.4, -0.2) is 19.1 Å². The van der Waals surface area contributed by atoms with Gasteiger partial charge in [-0.15, -0.1) is 0 Å². The highest BCUT2D eigenvalue weighted by Gasteiger charge is 2.16. The van der Waals surface area contributed by atoms with Crippen LogP contribution in [0.25, 0.3) is 16.9 Å². The van der Waals surface area contributed by atoms with E-state index in [9.17, 15) is 9.59 Å². The number of aryl methyl sites for hydroxylation is 1. The molecule has 2 heterocycles. The van der Waals surface area contributed by atoms with Crippen LogP contribution < -0.4 is 11.2 Å². The van der Waals surface area contributed by atoms with Gasteiger partial charge in [0.1, 0.15) is 11.3 Å². The Morgan fingerprint density at radius 3 is 2.52 bits per heavy atom. The van der Waals surface area contributed by atoms with Crippen molar-refractivity contribution in [2.45, 2.75) is 13.3 Å². The molecule has 0 radical (unpaired) electrons. The van der Waals surface area contributed by atoms with Crippen molar-refractivity contribution in [3.05, 3.63) is 56.0 Å². The molecule has 0 saturated carbocycles. The molecule has 0 spiro atoms. The minimum Gasteiger partial charge on any atom is -0.336 e. The molecule has 0 aliphatic rings. The first-order valence-electron chi connectivity index (χ1n) is 6.49. The zero-order valence-electron chi connectivity index (χ0n) is 11.6. The predicted octanol–water partition coefficient (Wildman–Crippen LogP) is 1.63. The zero-order valence-corrected chi connectivity index (χ0v) is 12.3. The molecular weight excluding hydrogens is 292 g/mol. The molecule has 2 aromatic heterocycles. The van der Waals surface area contributed by atoms with E-state index in [0.29, 0.717) is 34.1 Å². The molecule has 3 aromatic rings. The summed E-state index contributed by atoms with van der Waals surface area (Å²) in [4.78, 5) is 31.9. The van der Waals surface area contributed by atoms with Crippen LogP contribution in [0.4, 0.5) is 0 Å². The van der Waals surface area contributed by atoms with Crippen LogP contribution in [0.5, 0.6) is 0 Å². The van der Waals surface area contributed by atoms with Crippen molar-refractivity contribution in [1.29, 1.82) is 0 Å². The Morgan fingerprint density at radius 1 is 1.24 bits per heavy atom. The molecular formula is C14H13ClN4O2. The van der Waals surface area contributed by atoms with E-state index in [1.165, 1.54) is 11.6 Å². The number of hydrogen-bond acceptors (Lipinski definition) is 3. The van der Waals surface area contributed by atoms with E-state index in [0.717, 1.165) is 4.57 Å². The van der Waals surface area contributed by atoms with Crippen molar-refractivity contribution in [1.82, 2.24) is 19.1 Å². The molecule has 21 heavy (non-hydrogen) atoms. The first kappa shape index (κ1) is 13.6. The van der Waals surface area contributed by atoms with Gasteiger partial charge in [-0.05, 0) is 24.3 Å². The average molecular weight is 305 g/mol. The summed E-state index contributed by atoms with van der Waals surface area (Å²) in [6.45, 7) is 1.92. The number of fused-ring (bicyclic) bond motifs is 1. The number of halogens is 1. The molecule has 1 aromatic carbocycles. The van der Waals surface area contributed by atoms with Gasteiger partial charge in [-0.2, -0.15) is 0 Å². The van der Waals surface area contributed by atoms with Crippen LogP contribution in [0.1, 0.15) is 12.7 Å². The van der Waals surface area contributed by atoms with Crippen LogP contribution in [0.3, 0.4) is 0 Å². The van der Waals surface area contributed by atoms with E-state index in [1.54, 1.807) is 24.3 Å². The van der Waals surface area contributed by atoms with Gasteiger partial charge in [-0.1, -0.05) is 18.5 Å². The molecule has 0 aliphatic heterocycles. The summed E-state index contributed by atoms with van der Waals surface area (Å²) in [7, 11) is 1.45. The molecule has 0 fully saturated rings. The number of imidazole rings is 1. The maximum atomic E-state index is 12.4. The standard InChI is InChI=1S/C14H13ClN4O2/c1-3-10-16-11-12(17-10)19(14(21)18(2)13(11)20)9-6-4-8(15)5-7-9/h4-7H,3H2,1-2H3,(H,16,17). The van der Waals surface area contributed by atoms with Crippen LogP contribution in [0, 0.1) is 0 Å². The number of nitrogens with one attached hydrogen (secondary N) is 1. The lowest BCUT2D eigenvalue weighted by Crippen LogP contribution is -2.37. The average Bonchev–Trinajstić information content (AvgIpc) is 2.91. The summed E-state index contributed by atoms with van der Waals surface area (Å²) in [5.41, 5.74) is 0.446. The van der Waals surface area contributed by atoms with Gasteiger partial charge < -0.3 is 4.98 Å². The molecule has 0 atom stereocenters. The maximum Gasteiger partial charge on any atom is 0.337 e. The number of rotatable bonds is 2. The van der Waals surface area contributed by atoms with Crippen molar-refractivity contribution in [2.24, 2.45) is 7.05 Å². The number of benzene rings is 1. The number of aromatic nitrogens is 4. The SMILES string of the molecule is CCc1nc2c([nH]1)c(=O)n(C)c(=O)n2-c1ccc(Cl)cc1. The van der Waals surface area contributed by atoms with E-state index in [2.05, 4.69) is 9.97 Å². The molecule has 0 amide bonds. The lowest BCUT2D eigenvalue weighted by atomic mass is 10.3. The third-order valence-corrected chi connectivity index (χ3v) is 3.61. The fourth-order valence-corrected chi connectivity index (χ4v) is 2.33. The summed E-state index contributed by atoms with van der Waals surface area (Å²) in [5, 5.41) is 0.573. The van der Waals surface area contributed by atoms with Crippen molar-refractivity contribution in [2.75, 3.05) is 0 Å². The molecule has 108 valence electrons. The monoisotopic (exact) mass is 304 g/mol. The minimum atomic E-state index is -0.441. The maximum absolute atomic E-state index is 12.4. The third kappa shape index (κ3) is 2.08. The third-order valence-electron chi connectivity index (χ3n) is 3.36. The topological polar surface area (TPSA) is 72.7 Å². The Bertz CT molecular complexity index is 934. The van der Waals surface area contributed by atoms with E-state index < -0.39 is 5.69 Å². The second-order valence-corrected chi connectivity index (χ2v) is 5.13. The molecule has 1 N–H and O–H groups in total. The van der Waals surface area contributed by atoms with Crippen molar-refractivity contribution in [3.8, 4) is 5.69 Å². The number of nitrogens with zero attached hydrogens (tertiary/aromatic N) is 3. The van der Waals surface area contributed by atoms with Gasteiger partial charge >= 0.3 is 5.69 Å². The summed E-state index contributed by atoms with van der Waals surface area (Å²) in [6.07, 6.45) is 0.645. The van der Waals surface area contributed by atoms with E-state index >= 15 is 0 Å². The van der Waals surface area contributed by atoms with Gasteiger partial charge in [0.2, 0.25) is 0 Å². The van der Waals surface area contributed by atoms with Crippen molar-refractivity contribution < 1.29 is 0 Å². The number of aromatic amines is 1. The van der Waals surface area contributed by atoms with E-state index in [4.69, 9.17) is 11.6 Å². The fraction of sp³-hybridized carbons (Fsp3) is 0.214. The van der Waals surface area contributed by atoms with Crippen LogP contribution in [-0.2, 0) is 13.5 Å². The predicted molar refractivity (Wildman–Crippen MR) is 81.3 cm³/mol. The highest BCUT2D eigenvalue weighted by molar-refractivity contribution is 6.30. The summed E-state index contributed by atoms with van der Waals surface area (Å²) >= 11 is 5.88. The van der Waals surface area contributed by atoms with Gasteiger partial charge in [0, 0.05) is 18.5 Å². The molecule has 0 bridgehead atoms. The normalized spacial score (nSPS) is 11.2. The Hall–Kier alpha value is -2.34. The van der Waals surface area contributed by atoms with Gasteiger partial charge in [-0.3, -0.25) is 9.36 Å².